The summed E-state index contributed by atoms with van der Waals surface area (Å²) in [7, 11) is 0. The van der Waals surface area contributed by atoms with Crippen LogP contribution in [0.4, 0.5) is 4.39 Å². The molecule has 0 saturated carbocycles. The van der Waals surface area contributed by atoms with Crippen molar-refractivity contribution in [1.82, 2.24) is 4.57 Å². The highest BCUT2D eigenvalue weighted by atomic mass is 19.1. The molecule has 27 heavy (non-hydrogen) atoms. The minimum absolute atomic E-state index is 0.250. The van der Waals surface area contributed by atoms with Crippen LogP contribution >= 0.6 is 0 Å². The molecule has 138 valence electrons. The van der Waals surface area contributed by atoms with E-state index in [1.165, 1.54) is 17.7 Å². The molecule has 0 aliphatic carbocycles. The number of rotatable bonds is 6. The summed E-state index contributed by atoms with van der Waals surface area (Å²) >= 11 is 0. The second-order valence-corrected chi connectivity index (χ2v) is 6.47. The topological polar surface area (TPSA) is 26.5 Å². The summed E-state index contributed by atoms with van der Waals surface area (Å²) in [6.07, 6.45) is 1.66. The largest absolute Gasteiger partial charge is 0.391 e. The quantitative estimate of drug-likeness (QED) is 0.235. The maximum atomic E-state index is 13.4. The van der Waals surface area contributed by atoms with E-state index in [0.717, 1.165) is 33.9 Å². The fourth-order valence-electron chi connectivity index (χ4n) is 3.14. The zero-order valence-corrected chi connectivity index (χ0v) is 15.9. The van der Waals surface area contributed by atoms with Gasteiger partial charge < -0.3 is 9.40 Å². The monoisotopic (exact) mass is 362 g/mol. The molecule has 3 aromatic rings. The van der Waals surface area contributed by atoms with E-state index in [2.05, 4.69) is 54.4 Å². The van der Waals surface area contributed by atoms with Gasteiger partial charge in [-0.2, -0.15) is 0 Å². The van der Waals surface area contributed by atoms with Gasteiger partial charge in [0, 0.05) is 16.9 Å². The number of aromatic nitrogens is 1. The molecule has 4 heteroatoms. The summed E-state index contributed by atoms with van der Waals surface area (Å²) in [5, 5.41) is 4.19. The molecule has 1 heterocycles. The highest BCUT2D eigenvalue weighted by Crippen LogP contribution is 2.30. The molecule has 0 N–H and O–H groups in total. The summed E-state index contributed by atoms with van der Waals surface area (Å²) in [4.78, 5) is 5.26. The van der Waals surface area contributed by atoms with Gasteiger partial charge in [-0.25, -0.2) is 4.39 Å². The molecule has 0 bridgehead atoms. The van der Waals surface area contributed by atoms with Gasteiger partial charge in [-0.05, 0) is 74.4 Å². The first-order valence-corrected chi connectivity index (χ1v) is 8.84. The van der Waals surface area contributed by atoms with E-state index in [1.54, 1.807) is 18.2 Å². The standard InChI is InChI=1S/C23H23FN2O/c1-5-13-27-25-17(3)22-15-23(19-9-11-20(24)12-10-19)26(18(22)4)21-8-6-7-16(2)14-21/h5-12,14-15H,1,13H2,2-4H3/b25-17-. The van der Waals surface area contributed by atoms with E-state index in [-0.39, 0.29) is 5.82 Å². The molecule has 0 saturated heterocycles. The molecule has 1 aromatic heterocycles. The Balaban J connectivity index is 2.18. The van der Waals surface area contributed by atoms with Gasteiger partial charge in [0.2, 0.25) is 0 Å². The van der Waals surface area contributed by atoms with Gasteiger partial charge in [0.05, 0.1) is 11.4 Å². The molecule has 3 rings (SSSR count). The third-order valence-corrected chi connectivity index (χ3v) is 4.43. The van der Waals surface area contributed by atoms with E-state index in [0.29, 0.717) is 6.61 Å². The fourth-order valence-corrected chi connectivity index (χ4v) is 3.14. The SMILES string of the molecule is C=CCO/N=C(/C)c1cc(-c2ccc(F)cc2)n(-c2cccc(C)c2)c1C. The van der Waals surface area contributed by atoms with Crippen LogP contribution in [0.1, 0.15) is 23.7 Å². The van der Waals surface area contributed by atoms with Crippen LogP contribution in [0.2, 0.25) is 0 Å². The highest BCUT2D eigenvalue weighted by Gasteiger charge is 2.17. The first kappa shape index (κ1) is 18.6. The number of hydrogen-bond donors (Lipinski definition) is 0. The average molecular weight is 362 g/mol. The Morgan fingerprint density at radius 1 is 1.15 bits per heavy atom. The zero-order valence-electron chi connectivity index (χ0n) is 15.9. The van der Waals surface area contributed by atoms with Crippen LogP contribution in [-0.2, 0) is 4.84 Å². The number of halogens is 1. The van der Waals surface area contributed by atoms with Gasteiger partial charge in [-0.1, -0.05) is 29.9 Å². The van der Waals surface area contributed by atoms with Gasteiger partial charge in [0.25, 0.3) is 0 Å². The second kappa shape index (κ2) is 8.04. The summed E-state index contributed by atoms with van der Waals surface area (Å²) in [6.45, 7) is 10.0. The lowest BCUT2D eigenvalue weighted by molar-refractivity contribution is 0.175. The maximum Gasteiger partial charge on any atom is 0.135 e. The van der Waals surface area contributed by atoms with Crippen molar-refractivity contribution in [3.05, 3.63) is 89.9 Å². The molecular formula is C23H23FN2O. The summed E-state index contributed by atoms with van der Waals surface area (Å²) in [5.41, 5.74) is 6.95. The van der Waals surface area contributed by atoms with Crippen molar-refractivity contribution in [2.75, 3.05) is 6.61 Å². The summed E-state index contributed by atoms with van der Waals surface area (Å²) in [5.74, 6) is -0.250. The normalized spacial score (nSPS) is 11.5. The molecule has 0 unspecified atom stereocenters. The molecule has 0 amide bonds. The maximum absolute atomic E-state index is 13.4. The smallest absolute Gasteiger partial charge is 0.135 e. The molecule has 3 nitrogen and oxygen atoms in total. The van der Waals surface area contributed by atoms with Crippen molar-refractivity contribution in [3.8, 4) is 16.9 Å². The van der Waals surface area contributed by atoms with Crippen molar-refractivity contribution in [2.24, 2.45) is 5.16 Å². The molecule has 0 fully saturated rings. The molecule has 0 aliphatic heterocycles. The van der Waals surface area contributed by atoms with Gasteiger partial charge in [-0.15, -0.1) is 0 Å². The van der Waals surface area contributed by atoms with Gasteiger partial charge in [0.15, 0.2) is 0 Å². The molecule has 0 spiro atoms. The van der Waals surface area contributed by atoms with Crippen LogP contribution in [0.25, 0.3) is 16.9 Å². The fraction of sp³-hybridized carbons (Fsp3) is 0.174. The number of aryl methyl sites for hydroxylation is 1. The van der Waals surface area contributed by atoms with E-state index in [9.17, 15) is 4.39 Å². The molecule has 0 aliphatic rings. The van der Waals surface area contributed by atoms with Gasteiger partial charge in [0.1, 0.15) is 12.4 Å². The van der Waals surface area contributed by atoms with E-state index in [1.807, 2.05) is 13.0 Å². The highest BCUT2D eigenvalue weighted by molar-refractivity contribution is 6.01. The minimum Gasteiger partial charge on any atom is -0.391 e. The Bertz CT molecular complexity index is 984. The van der Waals surface area contributed by atoms with Crippen LogP contribution in [0.3, 0.4) is 0 Å². The molecular weight excluding hydrogens is 339 g/mol. The van der Waals surface area contributed by atoms with Crippen LogP contribution < -0.4 is 0 Å². The van der Waals surface area contributed by atoms with E-state index >= 15 is 0 Å². The van der Waals surface area contributed by atoms with Crippen molar-refractivity contribution >= 4 is 5.71 Å². The summed E-state index contributed by atoms with van der Waals surface area (Å²) in [6, 6.07) is 16.9. The lowest BCUT2D eigenvalue weighted by atomic mass is 10.1. The van der Waals surface area contributed by atoms with Crippen molar-refractivity contribution < 1.29 is 9.23 Å². The van der Waals surface area contributed by atoms with E-state index < -0.39 is 0 Å². The second-order valence-electron chi connectivity index (χ2n) is 6.47. The number of benzene rings is 2. The zero-order chi connectivity index (χ0) is 19.4. The van der Waals surface area contributed by atoms with Gasteiger partial charge in [-0.3, -0.25) is 0 Å². The lowest BCUT2D eigenvalue weighted by Gasteiger charge is -2.13. The predicted molar refractivity (Wildman–Crippen MR) is 109 cm³/mol. The third-order valence-electron chi connectivity index (χ3n) is 4.43. The average Bonchev–Trinajstić information content (AvgIpc) is 3.00. The van der Waals surface area contributed by atoms with Crippen LogP contribution in [-0.4, -0.2) is 16.9 Å². The van der Waals surface area contributed by atoms with Crippen molar-refractivity contribution in [3.63, 3.8) is 0 Å². The third kappa shape index (κ3) is 4.00. The first-order valence-electron chi connectivity index (χ1n) is 8.84. The van der Waals surface area contributed by atoms with Crippen LogP contribution in [0.15, 0.2) is 72.4 Å². The predicted octanol–water partition coefficient (Wildman–Crippen LogP) is 5.83. The molecule has 2 aromatic carbocycles. The Labute approximate surface area is 159 Å². The Kier molecular flexibility index (Phi) is 5.55. The Hall–Kier alpha value is -3.14. The van der Waals surface area contributed by atoms with Crippen molar-refractivity contribution in [1.29, 1.82) is 0 Å². The Morgan fingerprint density at radius 3 is 2.56 bits per heavy atom. The number of hydrogen-bond acceptors (Lipinski definition) is 2. The molecule has 0 radical (unpaired) electrons. The van der Waals surface area contributed by atoms with Gasteiger partial charge >= 0.3 is 0 Å². The van der Waals surface area contributed by atoms with E-state index in [4.69, 9.17) is 4.84 Å². The minimum atomic E-state index is -0.250. The van der Waals surface area contributed by atoms with Crippen LogP contribution in [0.5, 0.6) is 0 Å². The van der Waals surface area contributed by atoms with Crippen LogP contribution in [0, 0.1) is 19.7 Å². The number of oxime groups is 1. The number of nitrogens with zero attached hydrogens (tertiary/aromatic N) is 2. The van der Waals surface area contributed by atoms with Crippen molar-refractivity contribution in [2.45, 2.75) is 20.8 Å². The Morgan fingerprint density at radius 2 is 1.89 bits per heavy atom. The molecule has 0 atom stereocenters. The first-order chi connectivity index (χ1) is 13.0. The summed E-state index contributed by atoms with van der Waals surface area (Å²) < 4.78 is 15.6. The lowest BCUT2D eigenvalue weighted by Crippen LogP contribution is -2.03.